The van der Waals surface area contributed by atoms with E-state index < -0.39 is 5.41 Å². The van der Waals surface area contributed by atoms with Gasteiger partial charge in [0.05, 0.1) is 44.2 Å². The average molecular weight is 768 g/mol. The molecular weight excluding hydrogens is 735 g/mol. The molecule has 3 nitrogen and oxygen atoms in total. The van der Waals surface area contributed by atoms with E-state index in [-0.39, 0.29) is 0 Å². The molecule has 0 radical (unpaired) electrons. The zero-order valence-corrected chi connectivity index (χ0v) is 32.6. The maximum absolute atomic E-state index is 2.53. The van der Waals surface area contributed by atoms with Crippen LogP contribution in [0.25, 0.3) is 82.5 Å². The number of para-hydroxylation sites is 6. The molecule has 59 heavy (non-hydrogen) atoms. The minimum Gasteiger partial charge on any atom is -0.309 e. The van der Waals surface area contributed by atoms with Crippen molar-refractivity contribution in [3.8, 4) is 17.1 Å². The number of aromatic nitrogens is 3. The molecule has 0 saturated carbocycles. The molecule has 4 heteroatoms. The van der Waals surface area contributed by atoms with Gasteiger partial charge >= 0.3 is 0 Å². The van der Waals surface area contributed by atoms with Gasteiger partial charge in [-0.2, -0.15) is 0 Å². The summed E-state index contributed by atoms with van der Waals surface area (Å²) in [5.74, 6) is 0. The van der Waals surface area contributed by atoms with Gasteiger partial charge in [-0.05, 0) is 89.0 Å². The Labute approximate surface area is 344 Å². The number of nitrogens with zero attached hydrogens (tertiary/aromatic N) is 3. The Hall–Kier alpha value is -7.27. The van der Waals surface area contributed by atoms with Gasteiger partial charge in [0, 0.05) is 53.5 Å². The van der Waals surface area contributed by atoms with Crippen molar-refractivity contribution in [2.45, 2.75) is 15.2 Å². The molecule has 1 spiro atoms. The van der Waals surface area contributed by atoms with Crippen LogP contribution in [0.5, 0.6) is 0 Å². The maximum atomic E-state index is 2.53. The molecule has 0 aliphatic carbocycles. The van der Waals surface area contributed by atoms with E-state index in [9.17, 15) is 0 Å². The zero-order chi connectivity index (χ0) is 38.4. The molecule has 2 aliphatic rings. The summed E-state index contributed by atoms with van der Waals surface area (Å²) in [5.41, 5.74) is 15.8. The maximum Gasteiger partial charge on any atom is 0.0764 e. The quantitative estimate of drug-likeness (QED) is 0.171. The lowest BCUT2D eigenvalue weighted by Gasteiger charge is -2.45. The topological polar surface area (TPSA) is 14.8 Å². The Bertz CT molecular complexity index is 3770. The zero-order valence-electron chi connectivity index (χ0n) is 31.8. The smallest absolute Gasteiger partial charge is 0.0764 e. The second-order valence-electron chi connectivity index (χ2n) is 16.0. The first-order valence-electron chi connectivity index (χ1n) is 20.4. The molecule has 0 fully saturated rings. The molecule has 14 rings (SSSR count). The van der Waals surface area contributed by atoms with Gasteiger partial charge < -0.3 is 13.7 Å². The van der Waals surface area contributed by atoms with Crippen LogP contribution in [0.2, 0.25) is 0 Å². The fourth-order valence-corrected chi connectivity index (χ4v) is 12.4. The van der Waals surface area contributed by atoms with Gasteiger partial charge in [-0.25, -0.2) is 0 Å². The van der Waals surface area contributed by atoms with Crippen molar-refractivity contribution in [2.75, 3.05) is 0 Å². The van der Waals surface area contributed by atoms with Crippen molar-refractivity contribution in [1.29, 1.82) is 0 Å². The number of benzene rings is 9. The summed E-state index contributed by atoms with van der Waals surface area (Å²) >= 11 is 1.94. The van der Waals surface area contributed by atoms with E-state index in [1.165, 1.54) is 109 Å². The predicted molar refractivity (Wildman–Crippen MR) is 245 cm³/mol. The number of fused-ring (bicyclic) bond motifs is 18. The second kappa shape index (κ2) is 11.4. The molecule has 5 heterocycles. The van der Waals surface area contributed by atoms with Crippen LogP contribution in [0.15, 0.2) is 210 Å². The fourth-order valence-electron chi connectivity index (χ4n) is 11.1. The molecule has 274 valence electrons. The van der Waals surface area contributed by atoms with Crippen LogP contribution < -0.4 is 0 Å². The van der Waals surface area contributed by atoms with E-state index in [1.54, 1.807) is 0 Å². The summed E-state index contributed by atoms with van der Waals surface area (Å²) in [6.45, 7) is 0. The van der Waals surface area contributed by atoms with E-state index in [1.807, 2.05) is 11.8 Å². The standard InChI is InChI=1S/C55H33N3S/c1-2-15-34(16-3-1)56-45-24-9-5-18-37(45)40-33-35(29-31-48(40)56)57-47-26-11-6-19-39(47)52-50(57)32-30-44-54(52)59-51-28-13-8-22-42(51)55(44)41-21-7-12-27-49(41)58-46-25-10-4-17-36(46)38-20-14-23-43(55)53(38)58/h1-33H. The lowest BCUT2D eigenvalue weighted by molar-refractivity contribution is 0.692. The Morgan fingerprint density at radius 1 is 0.339 bits per heavy atom. The van der Waals surface area contributed by atoms with Crippen molar-refractivity contribution >= 4 is 77.2 Å². The van der Waals surface area contributed by atoms with Crippen LogP contribution in [-0.4, -0.2) is 13.7 Å². The van der Waals surface area contributed by atoms with E-state index in [2.05, 4.69) is 214 Å². The highest BCUT2D eigenvalue weighted by atomic mass is 32.2. The van der Waals surface area contributed by atoms with Gasteiger partial charge in [0.15, 0.2) is 0 Å². The average Bonchev–Trinajstić information content (AvgIpc) is 3.94. The largest absolute Gasteiger partial charge is 0.309 e. The Morgan fingerprint density at radius 3 is 1.75 bits per heavy atom. The number of hydrogen-bond donors (Lipinski definition) is 0. The van der Waals surface area contributed by atoms with Crippen LogP contribution >= 0.6 is 11.8 Å². The monoisotopic (exact) mass is 767 g/mol. The first-order chi connectivity index (χ1) is 29.3. The van der Waals surface area contributed by atoms with Gasteiger partial charge in [-0.15, -0.1) is 0 Å². The molecule has 1 atom stereocenters. The van der Waals surface area contributed by atoms with Gasteiger partial charge in [-0.3, -0.25) is 0 Å². The summed E-state index contributed by atoms with van der Waals surface area (Å²) in [4.78, 5) is 2.63. The first-order valence-corrected chi connectivity index (χ1v) is 21.2. The molecule has 12 aromatic rings. The van der Waals surface area contributed by atoms with Crippen LogP contribution in [-0.2, 0) is 5.41 Å². The summed E-state index contributed by atoms with van der Waals surface area (Å²) in [5, 5.41) is 7.66. The summed E-state index contributed by atoms with van der Waals surface area (Å²) < 4.78 is 7.42. The van der Waals surface area contributed by atoms with Crippen molar-refractivity contribution in [3.05, 3.63) is 222 Å². The second-order valence-corrected chi connectivity index (χ2v) is 17.1. The first kappa shape index (κ1) is 31.8. The van der Waals surface area contributed by atoms with E-state index in [0.29, 0.717) is 0 Å². The molecule has 0 saturated heterocycles. The lowest BCUT2D eigenvalue weighted by atomic mass is 9.62. The fraction of sp³-hybridized carbons (Fsp3) is 0.0182. The molecule has 9 aromatic carbocycles. The Morgan fingerprint density at radius 2 is 0.915 bits per heavy atom. The highest BCUT2D eigenvalue weighted by Gasteiger charge is 2.50. The van der Waals surface area contributed by atoms with E-state index in [4.69, 9.17) is 0 Å². The molecule has 2 aliphatic heterocycles. The molecule has 1 unspecified atom stereocenters. The number of hydrogen-bond acceptors (Lipinski definition) is 1. The highest BCUT2D eigenvalue weighted by Crippen LogP contribution is 2.62. The predicted octanol–water partition coefficient (Wildman–Crippen LogP) is 14.1. The SMILES string of the molecule is c1ccc(-n2c3ccccc3c3cc(-n4c5ccccc5c5c6c(ccc54)C4(c5ccccc5S6)c5ccccc5-n5c6ccccc6c6cccc4c65)ccc32)cc1. The van der Waals surface area contributed by atoms with Gasteiger partial charge in [0.2, 0.25) is 0 Å². The Kier molecular flexibility index (Phi) is 6.16. The van der Waals surface area contributed by atoms with Gasteiger partial charge in [0.25, 0.3) is 0 Å². The van der Waals surface area contributed by atoms with Gasteiger partial charge in [-0.1, -0.05) is 145 Å². The Balaban J connectivity index is 1.10. The van der Waals surface area contributed by atoms with Crippen LogP contribution in [0.3, 0.4) is 0 Å². The van der Waals surface area contributed by atoms with Crippen LogP contribution in [0, 0.1) is 0 Å². The van der Waals surface area contributed by atoms with Crippen molar-refractivity contribution in [2.24, 2.45) is 0 Å². The summed E-state index contributed by atoms with van der Waals surface area (Å²) in [7, 11) is 0. The van der Waals surface area contributed by atoms with Crippen molar-refractivity contribution in [1.82, 2.24) is 13.7 Å². The van der Waals surface area contributed by atoms with Gasteiger partial charge in [0.1, 0.15) is 0 Å². The minimum absolute atomic E-state index is 0.534. The van der Waals surface area contributed by atoms with E-state index in [0.717, 1.165) is 5.69 Å². The summed E-state index contributed by atoms with van der Waals surface area (Å²) in [6.07, 6.45) is 0. The molecule has 0 N–H and O–H groups in total. The highest BCUT2D eigenvalue weighted by molar-refractivity contribution is 7.99. The van der Waals surface area contributed by atoms with Crippen molar-refractivity contribution in [3.63, 3.8) is 0 Å². The van der Waals surface area contributed by atoms with Crippen molar-refractivity contribution < 1.29 is 0 Å². The van der Waals surface area contributed by atoms with Crippen LogP contribution in [0.1, 0.15) is 22.3 Å². The molecule has 3 aromatic heterocycles. The minimum atomic E-state index is -0.534. The number of rotatable bonds is 2. The third kappa shape index (κ3) is 3.90. The lowest BCUT2D eigenvalue weighted by Crippen LogP contribution is -2.37. The molecular formula is C55H33N3S. The third-order valence-corrected chi connectivity index (χ3v) is 14.5. The molecule has 0 amide bonds. The van der Waals surface area contributed by atoms with E-state index >= 15 is 0 Å². The normalized spacial score (nSPS) is 15.5. The summed E-state index contributed by atoms with van der Waals surface area (Å²) in [6, 6.07) is 74.7. The third-order valence-electron chi connectivity index (χ3n) is 13.3. The van der Waals surface area contributed by atoms with Crippen LogP contribution in [0.4, 0.5) is 0 Å². The molecule has 0 bridgehead atoms.